The number of hydrogen-bond acceptors (Lipinski definition) is 4. The molecule has 2 rings (SSSR count). The van der Waals surface area contributed by atoms with Gasteiger partial charge in [-0.25, -0.2) is 4.79 Å². The fourth-order valence-corrected chi connectivity index (χ4v) is 2.30. The minimum absolute atomic E-state index is 0.301. The Morgan fingerprint density at radius 2 is 1.80 bits per heavy atom. The number of carbonyl (C=O) groups excluding carboxylic acids is 1. The standard InChI is InChI=1S/C18H21ClN2O4/c1-23-16-9-8-13(12-17(16)24-2)21-18(22)20-10-5-11-25-15-7-4-3-6-14(15)19/h3-4,6-9,12H,5,10-11H2,1-2H3,(H2,20,21,22). The van der Waals surface area contributed by atoms with Gasteiger partial charge in [0.1, 0.15) is 5.75 Å². The summed E-state index contributed by atoms with van der Waals surface area (Å²) in [7, 11) is 3.10. The van der Waals surface area contributed by atoms with Crippen LogP contribution in [0.3, 0.4) is 0 Å². The second-order valence-corrected chi connectivity index (χ2v) is 5.49. The van der Waals surface area contributed by atoms with Crippen LogP contribution in [0.2, 0.25) is 5.02 Å². The number of halogens is 1. The summed E-state index contributed by atoms with van der Waals surface area (Å²) in [5.74, 6) is 1.79. The summed E-state index contributed by atoms with van der Waals surface area (Å²) >= 11 is 6.00. The lowest BCUT2D eigenvalue weighted by molar-refractivity contribution is 0.250. The lowest BCUT2D eigenvalue weighted by Crippen LogP contribution is -2.30. The third-order valence-electron chi connectivity index (χ3n) is 3.34. The van der Waals surface area contributed by atoms with Gasteiger partial charge >= 0.3 is 6.03 Å². The Labute approximate surface area is 152 Å². The van der Waals surface area contributed by atoms with E-state index in [-0.39, 0.29) is 6.03 Å². The van der Waals surface area contributed by atoms with Crippen molar-refractivity contribution >= 4 is 23.3 Å². The van der Waals surface area contributed by atoms with Gasteiger partial charge < -0.3 is 24.8 Å². The highest BCUT2D eigenvalue weighted by molar-refractivity contribution is 6.32. The molecule has 0 unspecified atom stereocenters. The third kappa shape index (κ3) is 5.76. The van der Waals surface area contributed by atoms with E-state index in [1.165, 1.54) is 0 Å². The zero-order valence-electron chi connectivity index (χ0n) is 14.2. The molecule has 0 spiro atoms. The summed E-state index contributed by atoms with van der Waals surface area (Å²) < 4.78 is 15.9. The second kappa shape index (κ2) is 9.64. The van der Waals surface area contributed by atoms with Crippen molar-refractivity contribution in [1.82, 2.24) is 5.32 Å². The molecule has 2 N–H and O–H groups in total. The van der Waals surface area contributed by atoms with Crippen LogP contribution in [0.1, 0.15) is 6.42 Å². The topological polar surface area (TPSA) is 68.8 Å². The molecular weight excluding hydrogens is 344 g/mol. The number of hydrogen-bond donors (Lipinski definition) is 2. The molecule has 0 saturated heterocycles. The molecule has 2 aromatic rings. The number of rotatable bonds is 8. The molecule has 0 heterocycles. The normalized spacial score (nSPS) is 10.0. The van der Waals surface area contributed by atoms with Gasteiger partial charge in [-0.2, -0.15) is 0 Å². The number of ether oxygens (including phenoxy) is 3. The summed E-state index contributed by atoms with van der Waals surface area (Å²) in [5, 5.41) is 6.07. The van der Waals surface area contributed by atoms with Gasteiger partial charge in [0.05, 0.1) is 25.8 Å². The minimum atomic E-state index is -0.301. The van der Waals surface area contributed by atoms with Crippen LogP contribution in [0.5, 0.6) is 17.2 Å². The molecule has 0 saturated carbocycles. The van der Waals surface area contributed by atoms with Crippen LogP contribution in [0.25, 0.3) is 0 Å². The molecule has 0 atom stereocenters. The van der Waals surface area contributed by atoms with Gasteiger partial charge in [-0.3, -0.25) is 0 Å². The molecule has 2 aromatic carbocycles. The van der Waals surface area contributed by atoms with Gasteiger partial charge in [-0.05, 0) is 30.7 Å². The molecule has 0 aliphatic rings. The number of methoxy groups -OCH3 is 2. The highest BCUT2D eigenvalue weighted by atomic mass is 35.5. The van der Waals surface area contributed by atoms with Gasteiger partial charge in [-0.1, -0.05) is 23.7 Å². The van der Waals surface area contributed by atoms with Crippen LogP contribution in [0.4, 0.5) is 10.5 Å². The van der Waals surface area contributed by atoms with Crippen LogP contribution in [0, 0.1) is 0 Å². The minimum Gasteiger partial charge on any atom is -0.493 e. The average molecular weight is 365 g/mol. The first-order chi connectivity index (χ1) is 12.1. The number of anilines is 1. The quantitative estimate of drug-likeness (QED) is 0.696. The first kappa shape index (κ1) is 18.7. The number of nitrogens with one attached hydrogen (secondary N) is 2. The van der Waals surface area contributed by atoms with Crippen LogP contribution < -0.4 is 24.8 Å². The monoisotopic (exact) mass is 364 g/mol. The van der Waals surface area contributed by atoms with Crippen molar-refractivity contribution in [3.8, 4) is 17.2 Å². The summed E-state index contributed by atoms with van der Waals surface area (Å²) in [6.07, 6.45) is 0.657. The van der Waals surface area contributed by atoms with Crippen molar-refractivity contribution in [2.45, 2.75) is 6.42 Å². The fourth-order valence-electron chi connectivity index (χ4n) is 2.11. The lowest BCUT2D eigenvalue weighted by atomic mass is 10.3. The first-order valence-electron chi connectivity index (χ1n) is 7.78. The molecule has 25 heavy (non-hydrogen) atoms. The molecule has 0 radical (unpaired) electrons. The summed E-state index contributed by atoms with van der Waals surface area (Å²) in [4.78, 5) is 11.9. The Kier molecular flexibility index (Phi) is 7.22. The third-order valence-corrected chi connectivity index (χ3v) is 3.65. The number of amides is 2. The van der Waals surface area contributed by atoms with Crippen molar-refractivity contribution in [3.63, 3.8) is 0 Å². The number of para-hydroxylation sites is 1. The van der Waals surface area contributed by atoms with E-state index in [2.05, 4.69) is 10.6 Å². The zero-order valence-corrected chi connectivity index (χ0v) is 14.9. The Balaban J connectivity index is 1.71. The fraction of sp³-hybridized carbons (Fsp3) is 0.278. The van der Waals surface area contributed by atoms with E-state index in [9.17, 15) is 4.79 Å². The van der Waals surface area contributed by atoms with Crippen molar-refractivity contribution in [2.24, 2.45) is 0 Å². The van der Waals surface area contributed by atoms with Crippen molar-refractivity contribution < 1.29 is 19.0 Å². The molecule has 0 fully saturated rings. The Morgan fingerprint density at radius 1 is 1.04 bits per heavy atom. The number of urea groups is 1. The number of benzene rings is 2. The molecule has 6 nitrogen and oxygen atoms in total. The molecule has 134 valence electrons. The lowest BCUT2D eigenvalue weighted by Gasteiger charge is -2.11. The molecule has 0 aliphatic carbocycles. The Morgan fingerprint density at radius 3 is 2.52 bits per heavy atom. The highest BCUT2D eigenvalue weighted by Crippen LogP contribution is 2.29. The maximum Gasteiger partial charge on any atom is 0.319 e. The van der Waals surface area contributed by atoms with Gasteiger partial charge in [0.2, 0.25) is 0 Å². The second-order valence-electron chi connectivity index (χ2n) is 5.08. The smallest absolute Gasteiger partial charge is 0.319 e. The van der Waals surface area contributed by atoms with E-state index in [0.717, 1.165) is 0 Å². The maximum atomic E-state index is 11.9. The van der Waals surface area contributed by atoms with E-state index < -0.39 is 0 Å². The molecule has 0 bridgehead atoms. The van der Waals surface area contributed by atoms with Crippen molar-refractivity contribution in [3.05, 3.63) is 47.5 Å². The maximum absolute atomic E-state index is 11.9. The van der Waals surface area contributed by atoms with Gasteiger partial charge in [-0.15, -0.1) is 0 Å². The van der Waals surface area contributed by atoms with Crippen LogP contribution >= 0.6 is 11.6 Å². The predicted molar refractivity (Wildman–Crippen MR) is 98.1 cm³/mol. The summed E-state index contributed by atoms with van der Waals surface area (Å²) in [6.45, 7) is 0.934. The predicted octanol–water partition coefficient (Wildman–Crippen LogP) is 3.95. The zero-order chi connectivity index (χ0) is 18.1. The van der Waals surface area contributed by atoms with E-state index in [1.807, 2.05) is 12.1 Å². The molecule has 2 amide bonds. The van der Waals surface area contributed by atoms with Gasteiger partial charge in [0, 0.05) is 18.3 Å². The molecule has 7 heteroatoms. The van der Waals surface area contributed by atoms with Crippen molar-refractivity contribution in [1.29, 1.82) is 0 Å². The van der Waals surface area contributed by atoms with Crippen molar-refractivity contribution in [2.75, 3.05) is 32.7 Å². The van der Waals surface area contributed by atoms with Crippen LogP contribution in [-0.4, -0.2) is 33.4 Å². The summed E-state index contributed by atoms with van der Waals surface area (Å²) in [5.41, 5.74) is 0.613. The Hall–Kier alpha value is -2.60. The van der Waals surface area contributed by atoms with Gasteiger partial charge in [0.15, 0.2) is 11.5 Å². The average Bonchev–Trinajstić information content (AvgIpc) is 2.62. The molecule has 0 aliphatic heterocycles. The van der Waals surface area contributed by atoms with E-state index in [4.69, 9.17) is 25.8 Å². The highest BCUT2D eigenvalue weighted by Gasteiger charge is 2.07. The first-order valence-corrected chi connectivity index (χ1v) is 8.16. The number of carbonyl (C=O) groups is 1. The largest absolute Gasteiger partial charge is 0.493 e. The van der Waals surface area contributed by atoms with E-state index in [1.54, 1.807) is 44.6 Å². The van der Waals surface area contributed by atoms with Gasteiger partial charge in [0.25, 0.3) is 0 Å². The molecule has 0 aromatic heterocycles. The van der Waals surface area contributed by atoms with Crippen LogP contribution in [-0.2, 0) is 0 Å². The SMILES string of the molecule is COc1ccc(NC(=O)NCCCOc2ccccc2Cl)cc1OC. The Bertz CT molecular complexity index is 709. The van der Waals surface area contributed by atoms with E-state index >= 15 is 0 Å². The van der Waals surface area contributed by atoms with Crippen LogP contribution in [0.15, 0.2) is 42.5 Å². The van der Waals surface area contributed by atoms with E-state index in [0.29, 0.717) is 47.5 Å². The molecular formula is C18H21ClN2O4. The summed E-state index contributed by atoms with van der Waals surface area (Å²) in [6, 6.07) is 12.1.